The maximum absolute atomic E-state index is 10.6. The molecule has 4 nitrogen and oxygen atoms in total. The van der Waals surface area contributed by atoms with Gasteiger partial charge in [-0.3, -0.25) is 9.59 Å². The van der Waals surface area contributed by atoms with Crippen LogP contribution in [-0.4, -0.2) is 30.8 Å². The zero-order chi connectivity index (χ0) is 9.56. The Morgan fingerprint density at radius 1 is 1.42 bits per heavy atom. The van der Waals surface area contributed by atoms with E-state index < -0.39 is 6.04 Å². The van der Waals surface area contributed by atoms with Gasteiger partial charge < -0.3 is 10.5 Å². The lowest BCUT2D eigenvalue weighted by molar-refractivity contribution is -0.121. The quantitative estimate of drug-likeness (QED) is 0.569. The lowest BCUT2D eigenvalue weighted by Gasteiger charge is -2.06. The molecule has 0 saturated carbocycles. The Morgan fingerprint density at radius 2 is 2.00 bits per heavy atom. The topological polar surface area (TPSA) is 69.4 Å². The second kappa shape index (κ2) is 5.85. The first kappa shape index (κ1) is 11.3. The molecule has 4 heteroatoms. The van der Waals surface area contributed by atoms with Crippen LogP contribution in [0.5, 0.6) is 0 Å². The molecule has 0 fully saturated rings. The van der Waals surface area contributed by atoms with Gasteiger partial charge in [0.25, 0.3) is 0 Å². The molecule has 0 aromatic rings. The number of nitrogens with two attached hydrogens (primary N) is 1. The molecule has 0 aliphatic heterocycles. The maximum atomic E-state index is 10.6. The Labute approximate surface area is 72.1 Å². The smallest absolute Gasteiger partial charge is 0.155 e. The summed E-state index contributed by atoms with van der Waals surface area (Å²) in [6.07, 6.45) is 0.475. The number of hydrogen-bond donors (Lipinski definition) is 1. The molecular formula is C8H15NO3. The van der Waals surface area contributed by atoms with E-state index in [4.69, 9.17) is 10.5 Å². The zero-order valence-corrected chi connectivity index (χ0v) is 7.50. The van der Waals surface area contributed by atoms with Crippen LogP contribution in [0, 0.1) is 0 Å². The molecule has 2 N–H and O–H groups in total. The first-order valence-corrected chi connectivity index (χ1v) is 3.87. The summed E-state index contributed by atoms with van der Waals surface area (Å²) in [5, 5.41) is 0. The third-order valence-corrected chi connectivity index (χ3v) is 1.40. The van der Waals surface area contributed by atoms with Gasteiger partial charge in [-0.25, -0.2) is 0 Å². The fourth-order valence-electron chi connectivity index (χ4n) is 0.629. The van der Waals surface area contributed by atoms with E-state index in [2.05, 4.69) is 0 Å². The molecule has 0 rings (SSSR count). The van der Waals surface area contributed by atoms with E-state index in [1.54, 1.807) is 0 Å². The van der Waals surface area contributed by atoms with Crippen LogP contribution in [0.25, 0.3) is 0 Å². The van der Waals surface area contributed by atoms with Crippen LogP contribution in [0.1, 0.15) is 20.3 Å². The van der Waals surface area contributed by atoms with Gasteiger partial charge in [0.1, 0.15) is 12.4 Å². The summed E-state index contributed by atoms with van der Waals surface area (Å²) < 4.78 is 4.93. The first-order valence-electron chi connectivity index (χ1n) is 3.87. The Morgan fingerprint density at radius 3 is 2.42 bits per heavy atom. The molecule has 0 saturated heterocycles. The van der Waals surface area contributed by atoms with E-state index in [1.165, 1.54) is 13.8 Å². The summed E-state index contributed by atoms with van der Waals surface area (Å²) in [6.45, 7) is 3.35. The Hall–Kier alpha value is -0.740. The van der Waals surface area contributed by atoms with E-state index in [-0.39, 0.29) is 18.2 Å². The van der Waals surface area contributed by atoms with Gasteiger partial charge in [-0.1, -0.05) is 0 Å². The summed E-state index contributed by atoms with van der Waals surface area (Å²) in [5.41, 5.74) is 5.42. The molecule has 1 unspecified atom stereocenters. The van der Waals surface area contributed by atoms with Crippen LogP contribution in [0.2, 0.25) is 0 Å². The number of Topliss-reactive ketones (excluding diaryl/α,β-unsaturated/α-hetero) is 2. The molecule has 0 aromatic heterocycles. The average Bonchev–Trinajstić information content (AvgIpc) is 1.97. The van der Waals surface area contributed by atoms with Gasteiger partial charge in [-0.2, -0.15) is 0 Å². The van der Waals surface area contributed by atoms with E-state index in [0.29, 0.717) is 13.0 Å². The van der Waals surface area contributed by atoms with Crippen LogP contribution in [0.3, 0.4) is 0 Å². The minimum absolute atomic E-state index is 0.0219. The fraction of sp³-hybridized carbons (Fsp3) is 0.750. The van der Waals surface area contributed by atoms with Crippen molar-refractivity contribution in [3.63, 3.8) is 0 Å². The number of hydrogen-bond acceptors (Lipinski definition) is 4. The largest absolute Gasteiger partial charge is 0.374 e. The standard InChI is InChI=1S/C8H15NO3/c1-6(10)5-12-4-3-8(9)7(2)11/h8H,3-5,9H2,1-2H3. The number of ketones is 2. The highest BCUT2D eigenvalue weighted by Crippen LogP contribution is 1.90. The first-order chi connectivity index (χ1) is 5.54. The van der Waals surface area contributed by atoms with Crippen molar-refractivity contribution in [1.82, 2.24) is 0 Å². The van der Waals surface area contributed by atoms with Crippen LogP contribution < -0.4 is 5.73 Å². The molecule has 12 heavy (non-hydrogen) atoms. The molecule has 0 aromatic carbocycles. The second-order valence-electron chi connectivity index (χ2n) is 2.76. The SMILES string of the molecule is CC(=O)COCCC(N)C(C)=O. The van der Waals surface area contributed by atoms with Gasteiger partial charge in [-0.15, -0.1) is 0 Å². The monoisotopic (exact) mass is 173 g/mol. The lowest BCUT2D eigenvalue weighted by atomic mass is 10.2. The summed E-state index contributed by atoms with van der Waals surface area (Å²) in [5.74, 6) is -0.0761. The van der Waals surface area contributed by atoms with Gasteiger partial charge in [0, 0.05) is 6.61 Å². The van der Waals surface area contributed by atoms with Gasteiger partial charge in [0.2, 0.25) is 0 Å². The third kappa shape index (κ3) is 6.00. The van der Waals surface area contributed by atoms with E-state index >= 15 is 0 Å². The van der Waals surface area contributed by atoms with Gasteiger partial charge >= 0.3 is 0 Å². The zero-order valence-electron chi connectivity index (χ0n) is 7.50. The molecule has 1 atom stereocenters. The minimum atomic E-state index is -0.461. The Balaban J connectivity index is 3.31. The van der Waals surface area contributed by atoms with Gasteiger partial charge in [0.15, 0.2) is 5.78 Å². The Bertz CT molecular complexity index is 168. The molecule has 0 bridgehead atoms. The second-order valence-corrected chi connectivity index (χ2v) is 2.76. The molecule has 0 spiro atoms. The highest BCUT2D eigenvalue weighted by atomic mass is 16.5. The van der Waals surface area contributed by atoms with Crippen molar-refractivity contribution >= 4 is 11.6 Å². The predicted molar refractivity (Wildman–Crippen MR) is 44.8 cm³/mol. The maximum Gasteiger partial charge on any atom is 0.155 e. The number of rotatable bonds is 6. The molecular weight excluding hydrogens is 158 g/mol. The molecule has 0 heterocycles. The van der Waals surface area contributed by atoms with Crippen LogP contribution in [0.15, 0.2) is 0 Å². The Kier molecular flexibility index (Phi) is 5.49. The summed E-state index contributed by atoms with van der Waals surface area (Å²) >= 11 is 0. The van der Waals surface area contributed by atoms with Crippen molar-refractivity contribution in [2.75, 3.05) is 13.2 Å². The summed E-state index contributed by atoms with van der Waals surface area (Å²) in [6, 6.07) is -0.461. The molecule has 0 aliphatic carbocycles. The van der Waals surface area contributed by atoms with Crippen molar-refractivity contribution in [1.29, 1.82) is 0 Å². The van der Waals surface area contributed by atoms with E-state index in [1.807, 2.05) is 0 Å². The van der Waals surface area contributed by atoms with Crippen molar-refractivity contribution in [2.45, 2.75) is 26.3 Å². The third-order valence-electron chi connectivity index (χ3n) is 1.40. The lowest BCUT2D eigenvalue weighted by Crippen LogP contribution is -2.29. The number of ether oxygens (including phenoxy) is 1. The summed E-state index contributed by atoms with van der Waals surface area (Å²) in [4.78, 5) is 21.0. The molecule has 0 amide bonds. The normalized spacial score (nSPS) is 12.6. The van der Waals surface area contributed by atoms with E-state index in [9.17, 15) is 9.59 Å². The molecule has 0 aliphatic rings. The van der Waals surface area contributed by atoms with Gasteiger partial charge in [-0.05, 0) is 20.3 Å². The van der Waals surface area contributed by atoms with Crippen LogP contribution >= 0.6 is 0 Å². The fourth-order valence-corrected chi connectivity index (χ4v) is 0.629. The predicted octanol–water partition coefficient (Wildman–Crippen LogP) is -0.102. The number of carbonyl (C=O) groups is 2. The van der Waals surface area contributed by atoms with Gasteiger partial charge in [0.05, 0.1) is 6.04 Å². The molecule has 0 radical (unpaired) electrons. The van der Waals surface area contributed by atoms with Crippen LogP contribution in [0.4, 0.5) is 0 Å². The molecule has 70 valence electrons. The highest BCUT2D eigenvalue weighted by Gasteiger charge is 2.06. The summed E-state index contributed by atoms with van der Waals surface area (Å²) in [7, 11) is 0. The van der Waals surface area contributed by atoms with Crippen molar-refractivity contribution < 1.29 is 14.3 Å². The van der Waals surface area contributed by atoms with Crippen molar-refractivity contribution in [3.05, 3.63) is 0 Å². The highest BCUT2D eigenvalue weighted by molar-refractivity contribution is 5.81. The van der Waals surface area contributed by atoms with Crippen LogP contribution in [-0.2, 0) is 14.3 Å². The number of carbonyl (C=O) groups excluding carboxylic acids is 2. The average molecular weight is 173 g/mol. The van der Waals surface area contributed by atoms with E-state index in [0.717, 1.165) is 0 Å². The van der Waals surface area contributed by atoms with Crippen molar-refractivity contribution in [3.8, 4) is 0 Å². The van der Waals surface area contributed by atoms with Crippen molar-refractivity contribution in [2.24, 2.45) is 5.73 Å². The minimum Gasteiger partial charge on any atom is -0.374 e.